The summed E-state index contributed by atoms with van der Waals surface area (Å²) in [4.78, 5) is 14.1. The zero-order valence-corrected chi connectivity index (χ0v) is 13.6. The molecule has 1 aliphatic rings. The minimum Gasteiger partial charge on any atom is -0.505 e. The Morgan fingerprint density at radius 3 is 2.64 bits per heavy atom. The molecule has 1 aliphatic heterocycles. The molecule has 1 N–H and O–H groups in total. The predicted octanol–water partition coefficient (Wildman–Crippen LogP) is 4.24. The molecule has 0 radical (unpaired) electrons. The number of ether oxygens (including phenoxy) is 1. The van der Waals surface area contributed by atoms with E-state index in [1.165, 1.54) is 12.1 Å². The molecule has 1 aromatic rings. The number of rotatable bonds is 1. The van der Waals surface area contributed by atoms with Gasteiger partial charge in [0.25, 0.3) is 0 Å². The van der Waals surface area contributed by atoms with E-state index in [9.17, 15) is 14.3 Å². The first kappa shape index (κ1) is 16.6. The van der Waals surface area contributed by atoms with Crippen LogP contribution in [0.15, 0.2) is 18.2 Å². The number of piperidine rings is 1. The highest BCUT2D eigenvalue weighted by atomic mass is 19.1. The summed E-state index contributed by atoms with van der Waals surface area (Å²) in [6.45, 7) is 8.18. The van der Waals surface area contributed by atoms with Gasteiger partial charge in [-0.05, 0) is 57.2 Å². The zero-order chi connectivity index (χ0) is 16.5. The lowest BCUT2D eigenvalue weighted by molar-refractivity contribution is 0.00359. The average Bonchev–Trinajstić information content (AvgIpc) is 2.40. The summed E-state index contributed by atoms with van der Waals surface area (Å²) in [5, 5.41) is 9.58. The van der Waals surface area contributed by atoms with E-state index < -0.39 is 11.4 Å². The fourth-order valence-electron chi connectivity index (χ4n) is 2.76. The van der Waals surface area contributed by atoms with Gasteiger partial charge in [-0.2, -0.15) is 0 Å². The number of hydrogen-bond donors (Lipinski definition) is 1. The molecule has 1 aromatic carbocycles. The molecule has 0 bridgehead atoms. The van der Waals surface area contributed by atoms with Gasteiger partial charge in [-0.25, -0.2) is 9.18 Å². The molecule has 22 heavy (non-hydrogen) atoms. The van der Waals surface area contributed by atoms with Crippen molar-refractivity contribution in [3.63, 3.8) is 0 Å². The summed E-state index contributed by atoms with van der Waals surface area (Å²) in [7, 11) is 0. The van der Waals surface area contributed by atoms with Gasteiger partial charge in [-0.3, -0.25) is 0 Å². The van der Waals surface area contributed by atoms with Crippen LogP contribution in [0.5, 0.6) is 5.75 Å². The van der Waals surface area contributed by atoms with E-state index in [4.69, 9.17) is 4.74 Å². The molecule has 1 saturated heterocycles. The molecular formula is C17H24FNO3. The van der Waals surface area contributed by atoms with E-state index in [0.29, 0.717) is 12.5 Å². The van der Waals surface area contributed by atoms with Crippen LogP contribution in [0.25, 0.3) is 0 Å². The Morgan fingerprint density at radius 1 is 1.36 bits per heavy atom. The van der Waals surface area contributed by atoms with Crippen LogP contribution in [0.1, 0.15) is 52.1 Å². The van der Waals surface area contributed by atoms with Crippen molar-refractivity contribution in [2.24, 2.45) is 5.92 Å². The lowest BCUT2D eigenvalue weighted by atomic mass is 9.90. The molecule has 2 atom stereocenters. The summed E-state index contributed by atoms with van der Waals surface area (Å²) in [5.74, 6) is -0.658. The molecule has 0 aromatic heterocycles. The van der Waals surface area contributed by atoms with Crippen LogP contribution in [0.2, 0.25) is 0 Å². The topological polar surface area (TPSA) is 49.8 Å². The van der Waals surface area contributed by atoms with Gasteiger partial charge in [0.15, 0.2) is 11.6 Å². The van der Waals surface area contributed by atoms with Crippen LogP contribution >= 0.6 is 0 Å². The lowest BCUT2D eigenvalue weighted by Gasteiger charge is -2.39. The van der Waals surface area contributed by atoms with Crippen molar-refractivity contribution < 1.29 is 19.0 Å². The van der Waals surface area contributed by atoms with Gasteiger partial charge >= 0.3 is 6.09 Å². The third-order valence-electron chi connectivity index (χ3n) is 3.80. The first-order valence-corrected chi connectivity index (χ1v) is 7.65. The number of benzene rings is 1. The number of phenols is 1. The van der Waals surface area contributed by atoms with Crippen LogP contribution in [-0.4, -0.2) is 28.2 Å². The van der Waals surface area contributed by atoms with Crippen LogP contribution in [0, 0.1) is 11.7 Å². The van der Waals surface area contributed by atoms with Crippen LogP contribution in [0.4, 0.5) is 9.18 Å². The van der Waals surface area contributed by atoms with Gasteiger partial charge in [0.2, 0.25) is 0 Å². The number of phenolic OH excluding ortho intramolecular Hbond substituents is 1. The second-order valence-corrected chi connectivity index (χ2v) is 7.04. The summed E-state index contributed by atoms with van der Waals surface area (Å²) >= 11 is 0. The summed E-state index contributed by atoms with van der Waals surface area (Å²) in [5.41, 5.74) is 0.171. The van der Waals surface area contributed by atoms with E-state index >= 15 is 0 Å². The number of halogens is 1. The first-order valence-electron chi connectivity index (χ1n) is 7.65. The maximum atomic E-state index is 13.3. The highest BCUT2D eigenvalue weighted by molar-refractivity contribution is 5.69. The summed E-state index contributed by atoms with van der Waals surface area (Å²) < 4.78 is 18.7. The zero-order valence-electron chi connectivity index (χ0n) is 13.6. The fourth-order valence-corrected chi connectivity index (χ4v) is 2.76. The largest absolute Gasteiger partial charge is 0.505 e. The van der Waals surface area contributed by atoms with Crippen molar-refractivity contribution in [3.05, 3.63) is 29.6 Å². The number of hydrogen-bond acceptors (Lipinski definition) is 3. The second kappa shape index (κ2) is 6.15. The minimum atomic E-state index is -0.656. The Hall–Kier alpha value is -1.78. The highest BCUT2D eigenvalue weighted by Gasteiger charge is 2.34. The molecule has 2 rings (SSSR count). The molecule has 0 saturated carbocycles. The average molecular weight is 309 g/mol. The van der Waals surface area contributed by atoms with E-state index in [1.54, 1.807) is 11.0 Å². The van der Waals surface area contributed by atoms with Crippen LogP contribution in [0.3, 0.4) is 0 Å². The van der Waals surface area contributed by atoms with Crippen LogP contribution in [-0.2, 0) is 4.74 Å². The van der Waals surface area contributed by atoms with Gasteiger partial charge in [-0.1, -0.05) is 13.0 Å². The van der Waals surface area contributed by atoms with Gasteiger partial charge in [0.1, 0.15) is 5.60 Å². The Bertz CT molecular complexity index is 553. The molecule has 4 nitrogen and oxygen atoms in total. The monoisotopic (exact) mass is 309 g/mol. The van der Waals surface area contributed by atoms with Crippen molar-refractivity contribution in [1.82, 2.24) is 4.90 Å². The van der Waals surface area contributed by atoms with Gasteiger partial charge in [0.05, 0.1) is 6.04 Å². The van der Waals surface area contributed by atoms with Gasteiger partial charge < -0.3 is 14.7 Å². The third-order valence-corrected chi connectivity index (χ3v) is 3.80. The molecule has 0 spiro atoms. The van der Waals surface area contributed by atoms with Crippen molar-refractivity contribution in [3.8, 4) is 5.75 Å². The van der Waals surface area contributed by atoms with Crippen molar-refractivity contribution in [2.75, 3.05) is 6.54 Å². The van der Waals surface area contributed by atoms with Gasteiger partial charge in [0, 0.05) is 6.54 Å². The highest BCUT2D eigenvalue weighted by Crippen LogP contribution is 2.35. The molecule has 1 fully saturated rings. The lowest BCUT2D eigenvalue weighted by Crippen LogP contribution is -2.44. The Morgan fingerprint density at radius 2 is 2.05 bits per heavy atom. The van der Waals surface area contributed by atoms with Crippen LogP contribution < -0.4 is 0 Å². The van der Waals surface area contributed by atoms with Crippen molar-refractivity contribution in [1.29, 1.82) is 0 Å². The molecule has 0 aliphatic carbocycles. The summed E-state index contributed by atoms with van der Waals surface area (Å²) in [6, 6.07) is 4.05. The van der Waals surface area contributed by atoms with Gasteiger partial charge in [-0.15, -0.1) is 0 Å². The molecule has 0 unspecified atom stereocenters. The second-order valence-electron chi connectivity index (χ2n) is 7.04. The number of nitrogens with zero attached hydrogens (tertiary/aromatic N) is 1. The minimum absolute atomic E-state index is 0.197. The smallest absolute Gasteiger partial charge is 0.410 e. The predicted molar refractivity (Wildman–Crippen MR) is 82.1 cm³/mol. The van der Waals surface area contributed by atoms with E-state index in [-0.39, 0.29) is 17.9 Å². The van der Waals surface area contributed by atoms with E-state index in [0.717, 1.165) is 18.4 Å². The molecule has 122 valence electrons. The van der Waals surface area contributed by atoms with Crippen molar-refractivity contribution in [2.45, 2.75) is 52.2 Å². The molecule has 1 amide bonds. The van der Waals surface area contributed by atoms with Crippen molar-refractivity contribution >= 4 is 6.09 Å². The first-order chi connectivity index (χ1) is 10.2. The van der Waals surface area contributed by atoms with E-state index in [2.05, 4.69) is 6.92 Å². The number of carbonyl (C=O) groups excluding carboxylic acids is 1. The number of aromatic hydroxyl groups is 1. The Kier molecular flexibility index (Phi) is 4.63. The normalized spacial score (nSPS) is 22.5. The maximum Gasteiger partial charge on any atom is 0.410 e. The molecule has 1 heterocycles. The maximum absolute atomic E-state index is 13.3. The SMILES string of the molecule is C[C@H]1CC[C@H](c2ccc(F)c(O)c2)N(C(=O)OC(C)(C)C)C1. The Labute approximate surface area is 130 Å². The Balaban J connectivity index is 2.26. The van der Waals surface area contributed by atoms with E-state index in [1.807, 2.05) is 20.8 Å². The number of carbonyl (C=O) groups is 1. The standard InChI is InChI=1S/C17H24FNO3/c1-11-5-8-14(12-6-7-13(18)15(20)9-12)19(10-11)16(21)22-17(2,3)4/h6-7,9,11,14,20H,5,8,10H2,1-4H3/t11-,14+/m0/s1. The third kappa shape index (κ3) is 3.90. The summed E-state index contributed by atoms with van der Waals surface area (Å²) in [6.07, 6.45) is 1.38. The number of likely N-dealkylation sites (tertiary alicyclic amines) is 1. The molecule has 5 heteroatoms. The quantitative estimate of drug-likeness (QED) is 0.844. The number of amides is 1. The molecular weight excluding hydrogens is 285 g/mol. The fraction of sp³-hybridized carbons (Fsp3) is 0.588.